The van der Waals surface area contributed by atoms with Crippen molar-refractivity contribution in [3.05, 3.63) is 77.1 Å². The van der Waals surface area contributed by atoms with E-state index < -0.39 is 5.82 Å². The summed E-state index contributed by atoms with van der Waals surface area (Å²) in [5.74, 6) is -0.513. The molecular weight excluding hydrogens is 345 g/mol. The number of hydrogen-bond acceptors (Lipinski definition) is 3. The third-order valence-electron chi connectivity index (χ3n) is 5.31. The van der Waals surface area contributed by atoms with Crippen molar-refractivity contribution in [3.8, 4) is 0 Å². The molecule has 1 fully saturated rings. The molecule has 1 saturated heterocycles. The molecule has 2 heterocycles. The number of benzene rings is 2. The predicted octanol–water partition coefficient (Wildman–Crippen LogP) is 4.60. The molecule has 2 unspecified atom stereocenters. The first-order valence-electron chi connectivity index (χ1n) is 9.10. The summed E-state index contributed by atoms with van der Waals surface area (Å²) in [6.45, 7) is 0.255. The number of halogens is 1. The molecule has 0 radical (unpaired) electrons. The molecule has 0 saturated carbocycles. The molecule has 27 heavy (non-hydrogen) atoms. The van der Waals surface area contributed by atoms with Gasteiger partial charge in [-0.1, -0.05) is 42.5 Å². The van der Waals surface area contributed by atoms with Crippen LogP contribution < -0.4 is 0 Å². The number of rotatable bonds is 4. The zero-order chi connectivity index (χ0) is 18.8. The fourth-order valence-electron chi connectivity index (χ4n) is 3.95. The first-order chi connectivity index (χ1) is 13.2. The standard InChI is InChI=1S/C22H20FNO3/c23-21-12-16(6-7-17(21)13-25)18-10-19-8-9-20(11-18)24(19)22(26)27-14-15-4-2-1-3-5-15/h1-7,10,12-13,19-20H,8-9,11,14H2. The Morgan fingerprint density at radius 1 is 1.19 bits per heavy atom. The van der Waals surface area contributed by atoms with E-state index >= 15 is 0 Å². The normalized spacial score (nSPS) is 20.9. The molecule has 2 bridgehead atoms. The molecular formula is C22H20FNO3. The average molecular weight is 365 g/mol. The second-order valence-electron chi connectivity index (χ2n) is 7.00. The Morgan fingerprint density at radius 3 is 2.70 bits per heavy atom. The van der Waals surface area contributed by atoms with E-state index in [1.165, 1.54) is 12.1 Å². The van der Waals surface area contributed by atoms with Crippen LogP contribution in [0.3, 0.4) is 0 Å². The topological polar surface area (TPSA) is 46.6 Å². The van der Waals surface area contributed by atoms with Crippen LogP contribution in [0.15, 0.2) is 54.6 Å². The van der Waals surface area contributed by atoms with Crippen LogP contribution in [0.1, 0.15) is 40.7 Å². The highest BCUT2D eigenvalue weighted by Crippen LogP contribution is 2.39. The maximum atomic E-state index is 13.9. The molecule has 2 aromatic carbocycles. The Labute approximate surface area is 157 Å². The van der Waals surface area contributed by atoms with E-state index in [0.29, 0.717) is 12.7 Å². The van der Waals surface area contributed by atoms with Crippen LogP contribution in [0.2, 0.25) is 0 Å². The number of carbonyl (C=O) groups is 2. The Hall–Kier alpha value is -2.95. The van der Waals surface area contributed by atoms with Gasteiger partial charge in [0.25, 0.3) is 0 Å². The number of nitrogens with zero attached hydrogens (tertiary/aromatic N) is 1. The molecule has 0 aliphatic carbocycles. The van der Waals surface area contributed by atoms with Gasteiger partial charge in [0.2, 0.25) is 0 Å². The van der Waals surface area contributed by atoms with Gasteiger partial charge in [-0.05, 0) is 48.1 Å². The van der Waals surface area contributed by atoms with Crippen molar-refractivity contribution in [1.29, 1.82) is 0 Å². The minimum atomic E-state index is -0.513. The lowest BCUT2D eigenvalue weighted by atomic mass is 9.94. The molecule has 2 aliphatic rings. The summed E-state index contributed by atoms with van der Waals surface area (Å²) in [7, 11) is 0. The van der Waals surface area contributed by atoms with Gasteiger partial charge in [-0.25, -0.2) is 9.18 Å². The lowest BCUT2D eigenvalue weighted by Gasteiger charge is -2.33. The highest BCUT2D eigenvalue weighted by Gasteiger charge is 2.40. The minimum Gasteiger partial charge on any atom is -0.445 e. The molecule has 0 aromatic heterocycles. The third-order valence-corrected chi connectivity index (χ3v) is 5.31. The van der Waals surface area contributed by atoms with Gasteiger partial charge in [-0.15, -0.1) is 0 Å². The van der Waals surface area contributed by atoms with E-state index in [0.717, 1.165) is 29.5 Å². The van der Waals surface area contributed by atoms with E-state index in [9.17, 15) is 14.0 Å². The lowest BCUT2D eigenvalue weighted by molar-refractivity contribution is 0.0832. The maximum Gasteiger partial charge on any atom is 0.410 e. The van der Waals surface area contributed by atoms with Crippen molar-refractivity contribution in [2.45, 2.75) is 38.0 Å². The highest BCUT2D eigenvalue weighted by atomic mass is 19.1. The average Bonchev–Trinajstić information content (AvgIpc) is 2.96. The van der Waals surface area contributed by atoms with E-state index in [-0.39, 0.29) is 30.3 Å². The quantitative estimate of drug-likeness (QED) is 0.744. The molecule has 0 spiro atoms. The van der Waals surface area contributed by atoms with Gasteiger partial charge < -0.3 is 4.74 Å². The maximum absolute atomic E-state index is 13.9. The Bertz CT molecular complexity index is 894. The van der Waals surface area contributed by atoms with E-state index in [1.54, 1.807) is 6.07 Å². The summed E-state index contributed by atoms with van der Waals surface area (Å²) in [6, 6.07) is 14.3. The fraction of sp³-hybridized carbons (Fsp3) is 0.273. The smallest absolute Gasteiger partial charge is 0.410 e. The Morgan fingerprint density at radius 2 is 2.00 bits per heavy atom. The van der Waals surface area contributed by atoms with Gasteiger partial charge >= 0.3 is 6.09 Å². The summed E-state index contributed by atoms with van der Waals surface area (Å²) in [6.07, 6.45) is 4.69. The predicted molar refractivity (Wildman–Crippen MR) is 99.7 cm³/mol. The zero-order valence-corrected chi connectivity index (χ0v) is 14.8. The molecule has 2 aliphatic heterocycles. The van der Waals surface area contributed by atoms with Gasteiger partial charge in [0.05, 0.1) is 11.6 Å². The lowest BCUT2D eigenvalue weighted by Crippen LogP contribution is -2.43. The van der Waals surface area contributed by atoms with Crippen LogP contribution in [-0.2, 0) is 11.3 Å². The molecule has 4 rings (SSSR count). The number of hydrogen-bond donors (Lipinski definition) is 0. The summed E-state index contributed by atoms with van der Waals surface area (Å²) < 4.78 is 19.4. The summed E-state index contributed by atoms with van der Waals surface area (Å²) in [5, 5.41) is 0. The number of amides is 1. The summed E-state index contributed by atoms with van der Waals surface area (Å²) >= 11 is 0. The van der Waals surface area contributed by atoms with Crippen LogP contribution in [0.25, 0.3) is 5.57 Å². The molecule has 2 aromatic rings. The molecule has 138 valence electrons. The second-order valence-corrected chi connectivity index (χ2v) is 7.00. The van der Waals surface area contributed by atoms with Gasteiger partial charge in [-0.3, -0.25) is 9.69 Å². The monoisotopic (exact) mass is 365 g/mol. The van der Waals surface area contributed by atoms with Crippen molar-refractivity contribution in [1.82, 2.24) is 4.90 Å². The van der Waals surface area contributed by atoms with Gasteiger partial charge in [-0.2, -0.15) is 0 Å². The molecule has 1 amide bonds. The molecule has 5 heteroatoms. The van der Waals surface area contributed by atoms with Crippen molar-refractivity contribution in [3.63, 3.8) is 0 Å². The van der Waals surface area contributed by atoms with E-state index in [4.69, 9.17) is 4.74 Å². The largest absolute Gasteiger partial charge is 0.445 e. The van der Waals surface area contributed by atoms with E-state index in [1.807, 2.05) is 41.3 Å². The van der Waals surface area contributed by atoms with Crippen molar-refractivity contribution in [2.75, 3.05) is 0 Å². The van der Waals surface area contributed by atoms with Crippen molar-refractivity contribution < 1.29 is 18.7 Å². The van der Waals surface area contributed by atoms with Crippen molar-refractivity contribution >= 4 is 18.0 Å². The molecule has 0 N–H and O–H groups in total. The van der Waals surface area contributed by atoms with Crippen LogP contribution in [0, 0.1) is 5.82 Å². The van der Waals surface area contributed by atoms with Gasteiger partial charge in [0.15, 0.2) is 6.29 Å². The first-order valence-corrected chi connectivity index (χ1v) is 9.10. The minimum absolute atomic E-state index is 0.0316. The Balaban J connectivity index is 1.48. The van der Waals surface area contributed by atoms with Crippen LogP contribution in [0.5, 0.6) is 0 Å². The van der Waals surface area contributed by atoms with Crippen LogP contribution in [-0.4, -0.2) is 29.4 Å². The van der Waals surface area contributed by atoms with Gasteiger partial charge in [0.1, 0.15) is 12.4 Å². The van der Waals surface area contributed by atoms with Gasteiger partial charge in [0, 0.05) is 6.04 Å². The van der Waals surface area contributed by atoms with Crippen LogP contribution in [0.4, 0.5) is 9.18 Å². The number of carbonyl (C=O) groups excluding carboxylic acids is 2. The SMILES string of the molecule is O=Cc1ccc(C2=CC3CCC(C2)N3C(=O)OCc2ccccc2)cc1F. The highest BCUT2D eigenvalue weighted by molar-refractivity contribution is 5.78. The van der Waals surface area contributed by atoms with Crippen LogP contribution >= 0.6 is 0 Å². The fourth-order valence-corrected chi connectivity index (χ4v) is 3.95. The summed E-state index contributed by atoms with van der Waals surface area (Å²) in [5.41, 5.74) is 2.81. The van der Waals surface area contributed by atoms with E-state index in [2.05, 4.69) is 0 Å². The summed E-state index contributed by atoms with van der Waals surface area (Å²) in [4.78, 5) is 25.2. The Kier molecular flexibility index (Phi) is 4.75. The number of fused-ring (bicyclic) bond motifs is 2. The zero-order valence-electron chi connectivity index (χ0n) is 14.8. The second kappa shape index (κ2) is 7.35. The number of aldehydes is 1. The number of ether oxygens (including phenoxy) is 1. The molecule has 4 nitrogen and oxygen atoms in total. The van der Waals surface area contributed by atoms with Crippen molar-refractivity contribution in [2.24, 2.45) is 0 Å². The third kappa shape index (κ3) is 3.50. The molecule has 2 atom stereocenters. The first kappa shape index (κ1) is 17.5.